The predicted octanol–water partition coefficient (Wildman–Crippen LogP) is 2.93. The molecule has 0 aromatic heterocycles. The highest BCUT2D eigenvalue weighted by Gasteiger charge is 2.43. The van der Waals surface area contributed by atoms with E-state index < -0.39 is 5.60 Å². The molecule has 1 N–H and O–H groups in total. The Morgan fingerprint density at radius 2 is 2.08 bits per heavy atom. The first-order valence-electron chi connectivity index (χ1n) is 3.80. The van der Waals surface area contributed by atoms with E-state index in [-0.39, 0.29) is 0 Å². The molecule has 1 saturated carbocycles. The molecule has 3 heteroatoms. The molecule has 2 rings (SSSR count). The quantitative estimate of drug-likeness (QED) is 0.790. The topological polar surface area (TPSA) is 20.2 Å². The van der Waals surface area contributed by atoms with Crippen molar-refractivity contribution in [3.8, 4) is 0 Å². The summed E-state index contributed by atoms with van der Waals surface area (Å²) in [6.07, 6.45) is 1.73. The van der Waals surface area contributed by atoms with E-state index in [2.05, 4.69) is 22.6 Å². The fourth-order valence-corrected chi connectivity index (χ4v) is 2.25. The standard InChI is InChI=1S/C9H8ClIO/c10-6-1-2-8(11)7(5-6)9(12)3-4-9/h1-2,5,12H,3-4H2. The first-order valence-corrected chi connectivity index (χ1v) is 5.25. The largest absolute Gasteiger partial charge is 0.385 e. The molecular formula is C9H8ClIO. The van der Waals surface area contributed by atoms with E-state index in [9.17, 15) is 5.11 Å². The molecule has 0 saturated heterocycles. The average Bonchev–Trinajstić information content (AvgIpc) is 2.75. The van der Waals surface area contributed by atoms with Gasteiger partial charge in [0, 0.05) is 8.59 Å². The van der Waals surface area contributed by atoms with Crippen molar-refractivity contribution >= 4 is 34.2 Å². The maximum atomic E-state index is 9.84. The maximum Gasteiger partial charge on any atom is 0.0909 e. The molecule has 0 aliphatic heterocycles. The number of hydrogen-bond acceptors (Lipinski definition) is 1. The summed E-state index contributed by atoms with van der Waals surface area (Å²) in [5, 5.41) is 10.5. The lowest BCUT2D eigenvalue weighted by Gasteiger charge is -2.10. The fraction of sp³-hybridized carbons (Fsp3) is 0.333. The maximum absolute atomic E-state index is 9.84. The third-order valence-corrected chi connectivity index (χ3v) is 3.33. The van der Waals surface area contributed by atoms with E-state index in [4.69, 9.17) is 11.6 Å². The Bertz CT molecular complexity index is 320. The van der Waals surface area contributed by atoms with Crippen LogP contribution in [0.2, 0.25) is 5.02 Å². The molecule has 1 aliphatic rings. The van der Waals surface area contributed by atoms with E-state index in [1.165, 1.54) is 0 Å². The Morgan fingerprint density at radius 3 is 2.67 bits per heavy atom. The van der Waals surface area contributed by atoms with Gasteiger partial charge in [-0.15, -0.1) is 0 Å². The number of hydrogen-bond donors (Lipinski definition) is 1. The van der Waals surface area contributed by atoms with E-state index >= 15 is 0 Å². The molecule has 64 valence electrons. The summed E-state index contributed by atoms with van der Waals surface area (Å²) in [6.45, 7) is 0. The average molecular weight is 295 g/mol. The third-order valence-electron chi connectivity index (χ3n) is 2.15. The van der Waals surface area contributed by atoms with Crippen LogP contribution in [0.5, 0.6) is 0 Å². The van der Waals surface area contributed by atoms with Gasteiger partial charge in [0.15, 0.2) is 0 Å². The molecule has 1 fully saturated rings. The number of aliphatic hydroxyl groups is 1. The molecule has 1 nitrogen and oxygen atoms in total. The van der Waals surface area contributed by atoms with Gasteiger partial charge < -0.3 is 5.11 Å². The van der Waals surface area contributed by atoms with Gasteiger partial charge in [-0.3, -0.25) is 0 Å². The van der Waals surface area contributed by atoms with Gasteiger partial charge in [0.2, 0.25) is 0 Å². The minimum Gasteiger partial charge on any atom is -0.385 e. The fourth-order valence-electron chi connectivity index (χ4n) is 1.24. The lowest BCUT2D eigenvalue weighted by Crippen LogP contribution is -2.06. The van der Waals surface area contributed by atoms with Crippen LogP contribution in [0.4, 0.5) is 0 Å². The zero-order chi connectivity index (χ0) is 8.77. The van der Waals surface area contributed by atoms with Crippen molar-refractivity contribution < 1.29 is 5.11 Å². The molecule has 1 aromatic carbocycles. The van der Waals surface area contributed by atoms with Crippen LogP contribution in [0.1, 0.15) is 18.4 Å². The van der Waals surface area contributed by atoms with Crippen LogP contribution in [-0.4, -0.2) is 5.11 Å². The van der Waals surface area contributed by atoms with Gasteiger partial charge in [0.1, 0.15) is 0 Å². The Balaban J connectivity index is 2.48. The highest BCUT2D eigenvalue weighted by Crippen LogP contribution is 2.47. The monoisotopic (exact) mass is 294 g/mol. The Labute approximate surface area is 89.9 Å². The third kappa shape index (κ3) is 1.47. The van der Waals surface area contributed by atoms with Crippen molar-refractivity contribution in [3.05, 3.63) is 32.4 Å². The smallest absolute Gasteiger partial charge is 0.0909 e. The molecule has 0 amide bonds. The molecule has 0 radical (unpaired) electrons. The van der Waals surface area contributed by atoms with Crippen molar-refractivity contribution in [2.45, 2.75) is 18.4 Å². The van der Waals surface area contributed by atoms with E-state index in [1.54, 1.807) is 0 Å². The van der Waals surface area contributed by atoms with Crippen LogP contribution in [0.3, 0.4) is 0 Å². The van der Waals surface area contributed by atoms with Gasteiger partial charge in [0.05, 0.1) is 5.60 Å². The highest BCUT2D eigenvalue weighted by molar-refractivity contribution is 14.1. The van der Waals surface area contributed by atoms with Crippen LogP contribution in [0, 0.1) is 3.57 Å². The highest BCUT2D eigenvalue weighted by atomic mass is 127. The number of halogens is 2. The summed E-state index contributed by atoms with van der Waals surface area (Å²) < 4.78 is 1.09. The summed E-state index contributed by atoms with van der Waals surface area (Å²) in [5.74, 6) is 0. The van der Waals surface area contributed by atoms with E-state index in [1.807, 2.05) is 18.2 Å². The van der Waals surface area contributed by atoms with Crippen molar-refractivity contribution in [1.82, 2.24) is 0 Å². The van der Waals surface area contributed by atoms with Crippen LogP contribution < -0.4 is 0 Å². The van der Waals surface area contributed by atoms with Crippen molar-refractivity contribution in [2.75, 3.05) is 0 Å². The minimum absolute atomic E-state index is 0.568. The summed E-state index contributed by atoms with van der Waals surface area (Å²) in [7, 11) is 0. The first kappa shape index (κ1) is 8.78. The van der Waals surface area contributed by atoms with Crippen molar-refractivity contribution in [3.63, 3.8) is 0 Å². The normalized spacial score (nSPS) is 19.2. The molecule has 0 bridgehead atoms. The Hall–Kier alpha value is 0.200. The predicted molar refractivity (Wildman–Crippen MR) is 57.3 cm³/mol. The molecule has 1 aromatic rings. The van der Waals surface area contributed by atoms with Gasteiger partial charge >= 0.3 is 0 Å². The van der Waals surface area contributed by atoms with Gasteiger partial charge in [-0.05, 0) is 59.2 Å². The molecule has 0 spiro atoms. The summed E-state index contributed by atoms with van der Waals surface area (Å²) in [6, 6.07) is 5.64. The van der Waals surface area contributed by atoms with Gasteiger partial charge in [0.25, 0.3) is 0 Å². The Kier molecular flexibility index (Phi) is 2.09. The lowest BCUT2D eigenvalue weighted by molar-refractivity contribution is 0.150. The summed E-state index contributed by atoms with van der Waals surface area (Å²) in [5.41, 5.74) is 0.414. The lowest BCUT2D eigenvalue weighted by atomic mass is 10.1. The molecule has 0 heterocycles. The second-order valence-electron chi connectivity index (χ2n) is 3.16. The number of benzene rings is 1. The van der Waals surface area contributed by atoms with Gasteiger partial charge in [-0.1, -0.05) is 11.6 Å². The van der Waals surface area contributed by atoms with Crippen molar-refractivity contribution in [2.24, 2.45) is 0 Å². The number of rotatable bonds is 1. The molecule has 0 atom stereocenters. The van der Waals surface area contributed by atoms with Gasteiger partial charge in [-0.25, -0.2) is 0 Å². The zero-order valence-electron chi connectivity index (χ0n) is 6.35. The van der Waals surface area contributed by atoms with Crippen LogP contribution in [0.15, 0.2) is 18.2 Å². The molecular weight excluding hydrogens is 286 g/mol. The van der Waals surface area contributed by atoms with Crippen LogP contribution in [-0.2, 0) is 5.60 Å². The SMILES string of the molecule is OC1(c2cc(Cl)ccc2I)CC1. The minimum atomic E-state index is -0.568. The zero-order valence-corrected chi connectivity index (χ0v) is 9.26. The van der Waals surface area contributed by atoms with Crippen LogP contribution in [0.25, 0.3) is 0 Å². The molecule has 1 aliphatic carbocycles. The first-order chi connectivity index (χ1) is 5.62. The second kappa shape index (κ2) is 2.86. The Morgan fingerprint density at radius 1 is 1.42 bits per heavy atom. The van der Waals surface area contributed by atoms with E-state index in [0.717, 1.165) is 22.0 Å². The molecule has 0 unspecified atom stereocenters. The summed E-state index contributed by atoms with van der Waals surface area (Å²) >= 11 is 8.06. The molecule has 12 heavy (non-hydrogen) atoms. The van der Waals surface area contributed by atoms with Crippen LogP contribution >= 0.6 is 34.2 Å². The van der Waals surface area contributed by atoms with Gasteiger partial charge in [-0.2, -0.15) is 0 Å². The second-order valence-corrected chi connectivity index (χ2v) is 4.75. The van der Waals surface area contributed by atoms with E-state index in [0.29, 0.717) is 5.02 Å². The van der Waals surface area contributed by atoms with Crippen molar-refractivity contribution in [1.29, 1.82) is 0 Å². The summed E-state index contributed by atoms with van der Waals surface area (Å²) in [4.78, 5) is 0.